The molecule has 2 aromatic rings. The summed E-state index contributed by atoms with van der Waals surface area (Å²) in [4.78, 5) is 18.8. The second-order valence-corrected chi connectivity index (χ2v) is 9.44. The molecule has 2 aliphatic rings. The van der Waals surface area contributed by atoms with E-state index in [2.05, 4.69) is 15.4 Å². The highest BCUT2D eigenvalue weighted by Crippen LogP contribution is 2.32. The van der Waals surface area contributed by atoms with Gasteiger partial charge in [-0.05, 0) is 58.9 Å². The third-order valence-corrected chi connectivity index (χ3v) is 5.58. The molecule has 8 nitrogen and oxygen atoms in total. The Labute approximate surface area is 181 Å². The van der Waals surface area contributed by atoms with Crippen LogP contribution >= 0.6 is 11.6 Å². The Balaban J connectivity index is 1.55. The van der Waals surface area contributed by atoms with Crippen molar-refractivity contribution in [2.24, 2.45) is 0 Å². The lowest BCUT2D eigenvalue weighted by molar-refractivity contribution is -0.0366. The van der Waals surface area contributed by atoms with Crippen molar-refractivity contribution >= 4 is 34.4 Å². The van der Waals surface area contributed by atoms with E-state index in [1.54, 1.807) is 11.1 Å². The first kappa shape index (κ1) is 21.2. The second kappa shape index (κ2) is 8.59. The predicted octanol–water partition coefficient (Wildman–Crippen LogP) is 4.60. The number of nitrogens with zero attached hydrogens (tertiary/aromatic N) is 4. The summed E-state index contributed by atoms with van der Waals surface area (Å²) in [5.74, 6) is 0.681. The van der Waals surface area contributed by atoms with Crippen LogP contribution in [0.3, 0.4) is 0 Å². The molecule has 4 rings (SSSR count). The monoisotopic (exact) mass is 435 g/mol. The fourth-order valence-corrected chi connectivity index (χ4v) is 4.27. The van der Waals surface area contributed by atoms with E-state index >= 15 is 0 Å². The van der Waals surface area contributed by atoms with Crippen LogP contribution in [-0.2, 0) is 9.47 Å². The van der Waals surface area contributed by atoms with Gasteiger partial charge in [0.1, 0.15) is 16.3 Å². The van der Waals surface area contributed by atoms with E-state index in [4.69, 9.17) is 21.1 Å². The van der Waals surface area contributed by atoms with Crippen LogP contribution in [0.2, 0.25) is 5.15 Å². The van der Waals surface area contributed by atoms with Crippen LogP contribution in [-0.4, -0.2) is 57.1 Å². The van der Waals surface area contributed by atoms with Gasteiger partial charge < -0.3 is 19.7 Å². The first-order valence-corrected chi connectivity index (χ1v) is 11.1. The van der Waals surface area contributed by atoms with E-state index in [0.717, 1.165) is 49.6 Å². The number of hydrogen-bond donors (Lipinski definition) is 1. The molecule has 2 saturated heterocycles. The molecule has 2 fully saturated rings. The molecule has 0 saturated carbocycles. The molecule has 0 bridgehead atoms. The highest BCUT2D eigenvalue weighted by molar-refractivity contribution is 6.30. The molecular formula is C21H30ClN5O3. The van der Waals surface area contributed by atoms with Crippen molar-refractivity contribution in [2.75, 3.05) is 25.0 Å². The van der Waals surface area contributed by atoms with Crippen molar-refractivity contribution in [3.63, 3.8) is 0 Å². The maximum absolute atomic E-state index is 12.5. The molecule has 1 unspecified atom stereocenters. The zero-order valence-electron chi connectivity index (χ0n) is 17.9. The number of halogens is 1. The predicted molar refractivity (Wildman–Crippen MR) is 116 cm³/mol. The number of carbonyl (C=O) groups excluding carboxylic acids is 1. The Morgan fingerprint density at radius 3 is 2.87 bits per heavy atom. The smallest absolute Gasteiger partial charge is 0.410 e. The maximum atomic E-state index is 12.5. The molecule has 0 spiro atoms. The van der Waals surface area contributed by atoms with Crippen molar-refractivity contribution in [1.29, 1.82) is 0 Å². The quantitative estimate of drug-likeness (QED) is 0.710. The van der Waals surface area contributed by atoms with Crippen LogP contribution in [0.5, 0.6) is 0 Å². The van der Waals surface area contributed by atoms with Gasteiger partial charge in [0.05, 0.1) is 6.20 Å². The summed E-state index contributed by atoms with van der Waals surface area (Å²) in [5.41, 5.74) is 0.380. The summed E-state index contributed by atoms with van der Waals surface area (Å²) in [5, 5.41) is 9.42. The fourth-order valence-electron chi connectivity index (χ4n) is 4.06. The zero-order chi connectivity index (χ0) is 21.3. The first-order chi connectivity index (χ1) is 14.3. The van der Waals surface area contributed by atoms with Crippen molar-refractivity contribution < 1.29 is 14.3 Å². The normalized spacial score (nSPS) is 22.9. The van der Waals surface area contributed by atoms with Gasteiger partial charge in [0, 0.05) is 31.1 Å². The Morgan fingerprint density at radius 1 is 1.30 bits per heavy atom. The first-order valence-electron chi connectivity index (χ1n) is 10.7. The van der Waals surface area contributed by atoms with Crippen LogP contribution in [0.4, 0.5) is 10.6 Å². The molecule has 9 heteroatoms. The number of carbonyl (C=O) groups is 1. The van der Waals surface area contributed by atoms with Crippen molar-refractivity contribution in [2.45, 2.75) is 70.7 Å². The van der Waals surface area contributed by atoms with Gasteiger partial charge in [0.25, 0.3) is 0 Å². The molecule has 2 atom stereocenters. The molecule has 4 heterocycles. The second-order valence-electron chi connectivity index (χ2n) is 9.05. The molecule has 2 aromatic heterocycles. The molecule has 30 heavy (non-hydrogen) atoms. The number of rotatable bonds is 3. The van der Waals surface area contributed by atoms with E-state index < -0.39 is 5.60 Å². The number of anilines is 1. The number of hydrogen-bond acceptors (Lipinski definition) is 6. The molecule has 0 aromatic carbocycles. The minimum Gasteiger partial charge on any atom is -0.444 e. The van der Waals surface area contributed by atoms with E-state index in [-0.39, 0.29) is 18.4 Å². The molecule has 164 valence electrons. The van der Waals surface area contributed by atoms with E-state index in [1.807, 2.05) is 31.5 Å². The molecule has 1 N–H and O–H groups in total. The fraction of sp³-hybridized carbons (Fsp3) is 0.667. The number of amides is 1. The number of piperidine rings is 1. The maximum Gasteiger partial charge on any atom is 0.410 e. The van der Waals surface area contributed by atoms with Gasteiger partial charge in [-0.1, -0.05) is 11.6 Å². The Morgan fingerprint density at radius 2 is 2.13 bits per heavy atom. The summed E-state index contributed by atoms with van der Waals surface area (Å²) < 4.78 is 13.4. The number of pyridine rings is 1. The van der Waals surface area contributed by atoms with Crippen LogP contribution in [0.15, 0.2) is 12.3 Å². The van der Waals surface area contributed by atoms with E-state index in [9.17, 15) is 4.79 Å². The van der Waals surface area contributed by atoms with E-state index in [0.29, 0.717) is 24.1 Å². The molecule has 0 radical (unpaired) electrons. The third kappa shape index (κ3) is 4.81. The van der Waals surface area contributed by atoms with Crippen LogP contribution in [0.1, 0.15) is 59.1 Å². The lowest BCUT2D eigenvalue weighted by atomic mass is 10.1. The van der Waals surface area contributed by atoms with Gasteiger partial charge in [-0.15, -0.1) is 0 Å². The van der Waals surface area contributed by atoms with Gasteiger partial charge >= 0.3 is 6.09 Å². The van der Waals surface area contributed by atoms with Crippen molar-refractivity contribution in [3.05, 3.63) is 17.4 Å². The largest absolute Gasteiger partial charge is 0.444 e. The Hall–Kier alpha value is -2.06. The average Bonchev–Trinajstić information content (AvgIpc) is 3.11. The lowest BCUT2D eigenvalue weighted by Crippen LogP contribution is -2.47. The van der Waals surface area contributed by atoms with Gasteiger partial charge in [-0.3, -0.25) is 0 Å². The third-order valence-electron chi connectivity index (χ3n) is 5.38. The topological polar surface area (TPSA) is 81.5 Å². The van der Waals surface area contributed by atoms with Crippen molar-refractivity contribution in [1.82, 2.24) is 19.7 Å². The van der Waals surface area contributed by atoms with Gasteiger partial charge in [0.2, 0.25) is 0 Å². The summed E-state index contributed by atoms with van der Waals surface area (Å²) >= 11 is 6.28. The summed E-state index contributed by atoms with van der Waals surface area (Å²) in [6, 6.07) is 1.87. The number of aromatic nitrogens is 3. The Kier molecular flexibility index (Phi) is 6.06. The van der Waals surface area contributed by atoms with Crippen LogP contribution < -0.4 is 5.32 Å². The summed E-state index contributed by atoms with van der Waals surface area (Å²) in [6.07, 6.45) is 6.38. The standard InChI is InChI=1S/C21H30ClN5O3/c1-21(2,3)30-20(28)26-9-6-7-15(13-26)24-19-18-14(11-16(22)25-19)12-23-27(18)17-8-4-5-10-29-17/h11-12,15,17H,4-10,13H2,1-3H3,(H,24,25)/t15-,17?/m1/s1. The van der Waals surface area contributed by atoms with Gasteiger partial charge in [-0.2, -0.15) is 5.10 Å². The van der Waals surface area contributed by atoms with Crippen LogP contribution in [0.25, 0.3) is 10.9 Å². The minimum absolute atomic E-state index is 0.0519. The SMILES string of the molecule is CC(C)(C)OC(=O)N1CCC[C@@H](Nc2nc(Cl)cc3cnn(C4CCCCO4)c23)C1. The summed E-state index contributed by atoms with van der Waals surface area (Å²) in [7, 11) is 0. The van der Waals surface area contributed by atoms with E-state index in [1.165, 1.54) is 0 Å². The zero-order valence-corrected chi connectivity index (χ0v) is 18.6. The minimum atomic E-state index is -0.509. The number of likely N-dealkylation sites (tertiary alicyclic amines) is 1. The molecule has 1 amide bonds. The molecule has 2 aliphatic heterocycles. The van der Waals surface area contributed by atoms with Crippen molar-refractivity contribution in [3.8, 4) is 0 Å². The molecule has 0 aliphatic carbocycles. The molecular weight excluding hydrogens is 406 g/mol. The van der Waals surface area contributed by atoms with Gasteiger partial charge in [-0.25, -0.2) is 14.5 Å². The van der Waals surface area contributed by atoms with Gasteiger partial charge in [0.15, 0.2) is 12.0 Å². The summed E-state index contributed by atoms with van der Waals surface area (Å²) in [6.45, 7) is 7.63. The number of fused-ring (bicyclic) bond motifs is 1. The lowest BCUT2D eigenvalue weighted by Gasteiger charge is -2.34. The highest BCUT2D eigenvalue weighted by Gasteiger charge is 2.29. The highest BCUT2D eigenvalue weighted by atomic mass is 35.5. The average molecular weight is 436 g/mol. The van der Waals surface area contributed by atoms with Crippen LogP contribution in [0, 0.1) is 0 Å². The number of ether oxygens (including phenoxy) is 2. The number of nitrogens with one attached hydrogen (secondary N) is 1. The Bertz CT molecular complexity index is 904.